The van der Waals surface area contributed by atoms with Crippen LogP contribution in [0.5, 0.6) is 0 Å². The molecule has 84 valence electrons. The Labute approximate surface area is 96.9 Å². The van der Waals surface area contributed by atoms with E-state index in [1.165, 1.54) is 24.0 Å². The van der Waals surface area contributed by atoms with Gasteiger partial charge in [-0.05, 0) is 36.1 Å². The van der Waals surface area contributed by atoms with Crippen LogP contribution >= 0.6 is 0 Å². The van der Waals surface area contributed by atoms with Crippen LogP contribution in [0.25, 0.3) is 0 Å². The predicted molar refractivity (Wildman–Crippen MR) is 69.0 cm³/mol. The van der Waals surface area contributed by atoms with Gasteiger partial charge in [-0.25, -0.2) is 0 Å². The fourth-order valence-electron chi connectivity index (χ4n) is 1.79. The van der Waals surface area contributed by atoms with Gasteiger partial charge in [0.15, 0.2) is 0 Å². The summed E-state index contributed by atoms with van der Waals surface area (Å²) in [5.74, 6) is 0. The van der Waals surface area contributed by atoms with E-state index in [0.717, 1.165) is 18.8 Å². The fraction of sp³-hybridized carbons (Fsp3) is 0.286. The lowest BCUT2D eigenvalue weighted by Crippen LogP contribution is -2.16. The van der Waals surface area contributed by atoms with Crippen LogP contribution in [0.1, 0.15) is 18.4 Å². The smallest absolute Gasteiger partial charge is 0.0314 e. The summed E-state index contributed by atoms with van der Waals surface area (Å²) in [6.07, 6.45) is 9.10. The van der Waals surface area contributed by atoms with Gasteiger partial charge in [0.1, 0.15) is 0 Å². The minimum atomic E-state index is 0.821. The number of hydrogen-bond donors (Lipinski definition) is 2. The molecule has 2 rings (SSSR count). The molecule has 0 bridgehead atoms. The number of hydrogen-bond acceptors (Lipinski definition) is 2. The molecule has 2 nitrogen and oxygen atoms in total. The second-order valence-electron chi connectivity index (χ2n) is 4.10. The average Bonchev–Trinajstić information content (AvgIpc) is 2.33. The summed E-state index contributed by atoms with van der Waals surface area (Å²) in [5, 5.41) is 3.43. The molecule has 1 aromatic carbocycles. The van der Waals surface area contributed by atoms with Crippen LogP contribution in [-0.2, 0) is 6.54 Å². The molecule has 0 unspecified atom stereocenters. The number of anilines is 1. The monoisotopic (exact) mass is 214 g/mol. The van der Waals surface area contributed by atoms with Crippen LogP contribution in [0.3, 0.4) is 0 Å². The first-order valence-corrected chi connectivity index (χ1v) is 5.75. The van der Waals surface area contributed by atoms with Crippen LogP contribution in [0, 0.1) is 0 Å². The van der Waals surface area contributed by atoms with E-state index in [0.29, 0.717) is 0 Å². The molecule has 1 aliphatic carbocycles. The van der Waals surface area contributed by atoms with Crippen molar-refractivity contribution in [3.05, 3.63) is 53.6 Å². The van der Waals surface area contributed by atoms with Crippen molar-refractivity contribution in [3.63, 3.8) is 0 Å². The Kier molecular flexibility index (Phi) is 3.78. The maximum Gasteiger partial charge on any atom is 0.0314 e. The zero-order valence-electron chi connectivity index (χ0n) is 9.45. The molecule has 16 heavy (non-hydrogen) atoms. The van der Waals surface area contributed by atoms with E-state index in [9.17, 15) is 0 Å². The Balaban J connectivity index is 1.77. The van der Waals surface area contributed by atoms with Crippen molar-refractivity contribution in [2.75, 3.05) is 12.3 Å². The van der Waals surface area contributed by atoms with Gasteiger partial charge in [-0.2, -0.15) is 0 Å². The third-order valence-corrected chi connectivity index (χ3v) is 2.71. The largest absolute Gasteiger partial charge is 0.399 e. The summed E-state index contributed by atoms with van der Waals surface area (Å²) < 4.78 is 0. The van der Waals surface area contributed by atoms with Crippen LogP contribution < -0.4 is 11.1 Å². The van der Waals surface area contributed by atoms with E-state index in [2.05, 4.69) is 35.7 Å². The normalized spacial score (nSPS) is 14.9. The number of benzene rings is 1. The Bertz CT molecular complexity index is 388. The summed E-state index contributed by atoms with van der Waals surface area (Å²) in [7, 11) is 0. The van der Waals surface area contributed by atoms with Crippen LogP contribution in [0.4, 0.5) is 5.69 Å². The Morgan fingerprint density at radius 2 is 1.88 bits per heavy atom. The first-order valence-electron chi connectivity index (χ1n) is 5.75. The van der Waals surface area contributed by atoms with Crippen molar-refractivity contribution < 1.29 is 0 Å². The van der Waals surface area contributed by atoms with Crippen molar-refractivity contribution in [1.29, 1.82) is 0 Å². The van der Waals surface area contributed by atoms with Gasteiger partial charge in [0.05, 0.1) is 0 Å². The van der Waals surface area contributed by atoms with E-state index < -0.39 is 0 Å². The van der Waals surface area contributed by atoms with Crippen LogP contribution in [0.15, 0.2) is 48.1 Å². The number of rotatable bonds is 4. The van der Waals surface area contributed by atoms with E-state index in [1.807, 2.05) is 12.1 Å². The number of nitrogens with two attached hydrogens (primary N) is 1. The molecule has 0 heterocycles. The molecule has 0 saturated heterocycles. The quantitative estimate of drug-likeness (QED) is 0.756. The molecule has 1 aromatic rings. The van der Waals surface area contributed by atoms with Crippen LogP contribution in [-0.4, -0.2) is 6.54 Å². The van der Waals surface area contributed by atoms with Gasteiger partial charge in [-0.1, -0.05) is 30.4 Å². The molecule has 0 aliphatic heterocycles. The lowest BCUT2D eigenvalue weighted by atomic mass is 10.1. The first-order chi connectivity index (χ1) is 7.84. The van der Waals surface area contributed by atoms with E-state index in [1.54, 1.807) is 0 Å². The van der Waals surface area contributed by atoms with Crippen molar-refractivity contribution in [2.24, 2.45) is 0 Å². The Hall–Kier alpha value is -1.54. The van der Waals surface area contributed by atoms with E-state index in [-0.39, 0.29) is 0 Å². The zero-order valence-corrected chi connectivity index (χ0v) is 9.45. The summed E-state index contributed by atoms with van der Waals surface area (Å²) in [4.78, 5) is 0. The average molecular weight is 214 g/mol. The van der Waals surface area contributed by atoms with Crippen molar-refractivity contribution in [1.82, 2.24) is 5.32 Å². The maximum atomic E-state index is 5.63. The third kappa shape index (κ3) is 3.24. The van der Waals surface area contributed by atoms with Crippen molar-refractivity contribution >= 4 is 5.69 Å². The SMILES string of the molecule is Nc1ccc(CNCC2=CCCC=C2)cc1. The standard InChI is InChI=1S/C14H18N2/c15-14-8-6-13(7-9-14)11-16-10-12-4-2-1-3-5-12/h2,4-9,16H,1,3,10-11,15H2. The minimum Gasteiger partial charge on any atom is -0.399 e. The molecule has 0 saturated carbocycles. The molecule has 0 fully saturated rings. The number of nitrogen functional groups attached to an aromatic ring is 1. The molecule has 3 N–H and O–H groups in total. The van der Waals surface area contributed by atoms with E-state index in [4.69, 9.17) is 5.73 Å². The Morgan fingerprint density at radius 1 is 1.06 bits per heavy atom. The molecule has 0 radical (unpaired) electrons. The van der Waals surface area contributed by atoms with Gasteiger partial charge in [0.2, 0.25) is 0 Å². The summed E-state index contributed by atoms with van der Waals surface area (Å²) in [6, 6.07) is 8.01. The molecule has 0 aromatic heterocycles. The highest BCUT2D eigenvalue weighted by atomic mass is 14.8. The molecular weight excluding hydrogens is 196 g/mol. The molecule has 0 atom stereocenters. The van der Waals surface area contributed by atoms with E-state index >= 15 is 0 Å². The fourth-order valence-corrected chi connectivity index (χ4v) is 1.79. The van der Waals surface area contributed by atoms with Gasteiger partial charge in [-0.15, -0.1) is 0 Å². The number of nitrogens with one attached hydrogen (secondary N) is 1. The highest BCUT2D eigenvalue weighted by Gasteiger charge is 1.97. The van der Waals surface area contributed by atoms with Gasteiger partial charge < -0.3 is 11.1 Å². The second kappa shape index (κ2) is 5.52. The van der Waals surface area contributed by atoms with Gasteiger partial charge in [-0.3, -0.25) is 0 Å². The highest BCUT2D eigenvalue weighted by molar-refractivity contribution is 5.39. The van der Waals surface area contributed by atoms with Crippen molar-refractivity contribution in [3.8, 4) is 0 Å². The van der Waals surface area contributed by atoms with Gasteiger partial charge >= 0.3 is 0 Å². The predicted octanol–water partition coefficient (Wildman–Crippen LogP) is 2.63. The molecule has 0 amide bonds. The summed E-state index contributed by atoms with van der Waals surface area (Å²) >= 11 is 0. The highest BCUT2D eigenvalue weighted by Crippen LogP contribution is 2.09. The van der Waals surface area contributed by atoms with Gasteiger partial charge in [0, 0.05) is 18.8 Å². The second-order valence-corrected chi connectivity index (χ2v) is 4.10. The van der Waals surface area contributed by atoms with Crippen molar-refractivity contribution in [2.45, 2.75) is 19.4 Å². The lowest BCUT2D eigenvalue weighted by molar-refractivity contribution is 0.742. The molecule has 1 aliphatic rings. The minimum absolute atomic E-state index is 0.821. The Morgan fingerprint density at radius 3 is 2.56 bits per heavy atom. The lowest BCUT2D eigenvalue weighted by Gasteiger charge is -2.08. The molecule has 2 heteroatoms. The number of allylic oxidation sites excluding steroid dienone is 2. The third-order valence-electron chi connectivity index (χ3n) is 2.71. The zero-order chi connectivity index (χ0) is 11.2. The summed E-state index contributed by atoms with van der Waals surface area (Å²) in [6.45, 7) is 1.84. The molecule has 0 spiro atoms. The maximum absolute atomic E-state index is 5.63. The summed E-state index contributed by atoms with van der Waals surface area (Å²) in [5.41, 5.74) is 9.12. The first kappa shape index (κ1) is 11.0. The molecular formula is C14H18N2. The topological polar surface area (TPSA) is 38.0 Å². The van der Waals surface area contributed by atoms with Gasteiger partial charge in [0.25, 0.3) is 0 Å². The van der Waals surface area contributed by atoms with Crippen LogP contribution in [0.2, 0.25) is 0 Å².